The Morgan fingerprint density at radius 1 is 1.03 bits per heavy atom. The molecule has 2 aromatic carbocycles. The Morgan fingerprint density at radius 2 is 1.62 bits per heavy atom. The molecular formula is C26H23N3O5. The summed E-state index contributed by atoms with van der Waals surface area (Å²) in [5, 5.41) is 13.2. The van der Waals surface area contributed by atoms with Gasteiger partial charge in [0.25, 0.3) is 0 Å². The largest absolute Gasteiger partial charge is 0.465 e. The van der Waals surface area contributed by atoms with Gasteiger partial charge in [0, 0.05) is 18.7 Å². The zero-order chi connectivity index (χ0) is 24.2. The fraction of sp³-hybridized carbons (Fsp3) is 0.192. The Balaban J connectivity index is 1.74. The van der Waals surface area contributed by atoms with Crippen LogP contribution < -0.4 is 11.1 Å². The molecule has 0 aromatic heterocycles. The molecule has 3 N–H and O–H groups in total. The van der Waals surface area contributed by atoms with Gasteiger partial charge in [-0.3, -0.25) is 0 Å². The van der Waals surface area contributed by atoms with Crippen LogP contribution in [0.4, 0.5) is 0 Å². The highest BCUT2D eigenvalue weighted by Crippen LogP contribution is 2.42. The summed E-state index contributed by atoms with van der Waals surface area (Å²) in [6.45, 7) is 1.05. The van der Waals surface area contributed by atoms with Crippen LogP contribution in [-0.2, 0) is 14.2 Å². The third-order valence-corrected chi connectivity index (χ3v) is 5.79. The van der Waals surface area contributed by atoms with Crippen LogP contribution in [0.15, 0.2) is 76.9 Å². The van der Waals surface area contributed by atoms with Gasteiger partial charge < -0.3 is 25.3 Å². The number of rotatable bonds is 4. The maximum absolute atomic E-state index is 11.8. The van der Waals surface area contributed by atoms with Gasteiger partial charge in [0.1, 0.15) is 17.4 Å². The van der Waals surface area contributed by atoms with Crippen molar-refractivity contribution in [1.82, 2.24) is 5.32 Å². The molecule has 0 saturated carbocycles. The number of hydrogen-bond acceptors (Lipinski definition) is 8. The number of ether oxygens (including phenoxy) is 3. The van der Waals surface area contributed by atoms with Crippen LogP contribution in [-0.4, -0.2) is 39.2 Å². The fourth-order valence-corrected chi connectivity index (χ4v) is 4.11. The average molecular weight is 457 g/mol. The minimum absolute atomic E-state index is 0.0529. The number of esters is 2. The molecule has 2 aliphatic rings. The van der Waals surface area contributed by atoms with E-state index >= 15 is 0 Å². The van der Waals surface area contributed by atoms with Crippen LogP contribution in [0.5, 0.6) is 0 Å². The van der Waals surface area contributed by atoms with Crippen LogP contribution in [0.3, 0.4) is 0 Å². The summed E-state index contributed by atoms with van der Waals surface area (Å²) >= 11 is 0. The standard InChI is InChI=1S/C26H23N3O5/c1-32-25(30)17-5-3-15(4-6-17)11-19-13-29-14-21-22(20(12-27)24(28)34-23(19)21)16-7-9-18(10-8-16)26(31)33-2/h3-11,22,29H,13-14,28H2,1-2H3/b19-11+. The minimum Gasteiger partial charge on any atom is -0.465 e. The Morgan fingerprint density at radius 3 is 2.18 bits per heavy atom. The molecule has 34 heavy (non-hydrogen) atoms. The van der Waals surface area contributed by atoms with E-state index in [2.05, 4.69) is 11.4 Å². The normalized spacial score (nSPS) is 18.6. The van der Waals surface area contributed by atoms with Crippen LogP contribution >= 0.6 is 0 Å². The molecule has 172 valence electrons. The summed E-state index contributed by atoms with van der Waals surface area (Å²) in [6, 6.07) is 16.1. The summed E-state index contributed by atoms with van der Waals surface area (Å²) in [5.74, 6) is -0.580. The fourth-order valence-electron chi connectivity index (χ4n) is 4.11. The minimum atomic E-state index is -0.434. The molecule has 0 fully saturated rings. The highest BCUT2D eigenvalue weighted by atomic mass is 16.5. The quantitative estimate of drug-likeness (QED) is 0.672. The topological polar surface area (TPSA) is 124 Å². The van der Waals surface area contributed by atoms with Gasteiger partial charge in [-0.25, -0.2) is 9.59 Å². The summed E-state index contributed by atoms with van der Waals surface area (Å²) in [4.78, 5) is 23.5. The zero-order valence-corrected chi connectivity index (χ0v) is 18.8. The van der Waals surface area contributed by atoms with Gasteiger partial charge in [0.15, 0.2) is 0 Å². The molecule has 8 heteroatoms. The average Bonchev–Trinajstić information content (AvgIpc) is 2.88. The molecule has 1 unspecified atom stereocenters. The van der Waals surface area contributed by atoms with E-state index in [1.807, 2.05) is 18.2 Å². The third kappa shape index (κ3) is 4.29. The lowest BCUT2D eigenvalue weighted by atomic mass is 9.80. The molecule has 0 amide bonds. The number of methoxy groups -OCH3 is 2. The molecule has 0 saturated heterocycles. The molecule has 2 aromatic rings. The molecule has 0 spiro atoms. The number of nitrogens with one attached hydrogen (secondary N) is 1. The maximum atomic E-state index is 11.8. The highest BCUT2D eigenvalue weighted by molar-refractivity contribution is 5.90. The number of nitrogens with zero attached hydrogens (tertiary/aromatic N) is 1. The number of nitriles is 1. The van der Waals surface area contributed by atoms with Crippen molar-refractivity contribution in [3.05, 3.63) is 99.1 Å². The molecule has 2 aliphatic heterocycles. The lowest BCUT2D eigenvalue weighted by Crippen LogP contribution is -2.34. The van der Waals surface area contributed by atoms with Crippen molar-refractivity contribution in [2.24, 2.45) is 5.73 Å². The lowest BCUT2D eigenvalue weighted by molar-refractivity contribution is 0.0592. The number of nitrogens with two attached hydrogens (primary N) is 1. The molecule has 2 heterocycles. The predicted octanol–water partition coefficient (Wildman–Crippen LogP) is 3.01. The Bertz CT molecular complexity index is 1270. The smallest absolute Gasteiger partial charge is 0.337 e. The SMILES string of the molecule is COC(=O)c1ccc(/C=C2\CNCC3=C2OC(N)=C(C#N)C3c2ccc(C(=O)OC)cc2)cc1. The third-order valence-electron chi connectivity index (χ3n) is 5.79. The van der Waals surface area contributed by atoms with Gasteiger partial charge in [-0.1, -0.05) is 24.3 Å². The molecule has 0 radical (unpaired) electrons. The van der Waals surface area contributed by atoms with E-state index < -0.39 is 17.9 Å². The van der Waals surface area contributed by atoms with E-state index in [1.165, 1.54) is 14.2 Å². The first kappa shape index (κ1) is 22.8. The van der Waals surface area contributed by atoms with Gasteiger partial charge in [-0.2, -0.15) is 5.26 Å². The molecule has 1 atom stereocenters. The number of hydrogen-bond donors (Lipinski definition) is 2. The first-order valence-corrected chi connectivity index (χ1v) is 10.6. The van der Waals surface area contributed by atoms with E-state index in [0.29, 0.717) is 35.5 Å². The van der Waals surface area contributed by atoms with Crippen molar-refractivity contribution in [3.63, 3.8) is 0 Å². The number of carbonyl (C=O) groups is 2. The van der Waals surface area contributed by atoms with Crippen molar-refractivity contribution in [3.8, 4) is 6.07 Å². The van der Waals surface area contributed by atoms with Gasteiger partial charge in [-0.15, -0.1) is 0 Å². The van der Waals surface area contributed by atoms with Crippen molar-refractivity contribution >= 4 is 18.0 Å². The molecular weight excluding hydrogens is 434 g/mol. The molecule has 4 rings (SSSR count). The molecule has 0 aliphatic carbocycles. The van der Waals surface area contributed by atoms with Crippen molar-refractivity contribution in [2.45, 2.75) is 5.92 Å². The van der Waals surface area contributed by atoms with E-state index in [9.17, 15) is 14.9 Å². The number of carbonyl (C=O) groups excluding carboxylic acids is 2. The van der Waals surface area contributed by atoms with Crippen molar-refractivity contribution in [1.29, 1.82) is 5.26 Å². The van der Waals surface area contributed by atoms with Crippen LogP contribution in [0, 0.1) is 11.3 Å². The predicted molar refractivity (Wildman–Crippen MR) is 124 cm³/mol. The van der Waals surface area contributed by atoms with E-state index in [1.54, 1.807) is 36.4 Å². The first-order chi connectivity index (χ1) is 16.5. The monoisotopic (exact) mass is 457 g/mol. The maximum Gasteiger partial charge on any atom is 0.337 e. The second-order valence-corrected chi connectivity index (χ2v) is 7.78. The second-order valence-electron chi connectivity index (χ2n) is 7.78. The van der Waals surface area contributed by atoms with E-state index in [0.717, 1.165) is 22.3 Å². The summed E-state index contributed by atoms with van der Waals surface area (Å²) in [7, 11) is 2.67. The van der Waals surface area contributed by atoms with Gasteiger partial charge in [0.05, 0.1) is 31.3 Å². The second kappa shape index (κ2) is 9.65. The van der Waals surface area contributed by atoms with Gasteiger partial charge in [-0.05, 0) is 47.0 Å². The first-order valence-electron chi connectivity index (χ1n) is 10.6. The number of benzene rings is 2. The van der Waals surface area contributed by atoms with Gasteiger partial charge >= 0.3 is 11.9 Å². The molecule has 0 bridgehead atoms. The van der Waals surface area contributed by atoms with Gasteiger partial charge in [0.2, 0.25) is 5.88 Å². The Kier molecular flexibility index (Phi) is 6.48. The van der Waals surface area contributed by atoms with Crippen molar-refractivity contribution < 1.29 is 23.8 Å². The van der Waals surface area contributed by atoms with Crippen LogP contribution in [0.1, 0.15) is 37.8 Å². The van der Waals surface area contributed by atoms with Crippen molar-refractivity contribution in [2.75, 3.05) is 27.3 Å². The summed E-state index contributed by atoms with van der Waals surface area (Å²) < 4.78 is 15.5. The highest BCUT2D eigenvalue weighted by Gasteiger charge is 2.35. The summed E-state index contributed by atoms with van der Waals surface area (Å²) in [5.41, 5.74) is 10.8. The van der Waals surface area contributed by atoms with E-state index in [4.69, 9.17) is 19.9 Å². The van der Waals surface area contributed by atoms with E-state index in [-0.39, 0.29) is 5.88 Å². The Labute approximate surface area is 196 Å². The summed E-state index contributed by atoms with van der Waals surface area (Å²) in [6.07, 6.45) is 1.95. The zero-order valence-electron chi connectivity index (χ0n) is 18.8. The molecule has 8 nitrogen and oxygen atoms in total. The van der Waals surface area contributed by atoms with Crippen LogP contribution in [0.2, 0.25) is 0 Å². The Hall–Kier alpha value is -4.35. The van der Waals surface area contributed by atoms with Crippen LogP contribution in [0.25, 0.3) is 6.08 Å². The number of allylic oxidation sites excluding steroid dienone is 1. The lowest BCUT2D eigenvalue weighted by Gasteiger charge is -2.33.